The molecule has 0 fully saturated rings. The second-order valence-corrected chi connectivity index (χ2v) is 5.23. The molecule has 0 saturated heterocycles. The fraction of sp³-hybridized carbons (Fsp3) is 0.222. The molecule has 0 heterocycles. The van der Waals surface area contributed by atoms with E-state index in [1.54, 1.807) is 31.3 Å². The number of carbonyl (C=O) groups is 2. The van der Waals surface area contributed by atoms with Crippen LogP contribution < -0.4 is 15.4 Å². The summed E-state index contributed by atoms with van der Waals surface area (Å²) >= 11 is 0. The van der Waals surface area contributed by atoms with Crippen LogP contribution in [0.3, 0.4) is 0 Å². The zero-order valence-electron chi connectivity index (χ0n) is 13.5. The lowest BCUT2D eigenvalue weighted by Crippen LogP contribution is -2.24. The van der Waals surface area contributed by atoms with Crippen molar-refractivity contribution in [2.75, 3.05) is 19.0 Å². The fourth-order valence-electron chi connectivity index (χ4n) is 2.12. The minimum atomic E-state index is -0.317. The Morgan fingerprint density at radius 3 is 2.57 bits per heavy atom. The molecule has 0 aliphatic carbocycles. The van der Waals surface area contributed by atoms with E-state index in [1.165, 1.54) is 0 Å². The number of amides is 2. The quantitative estimate of drug-likeness (QED) is 0.892. The minimum absolute atomic E-state index is 0.119. The van der Waals surface area contributed by atoms with Crippen LogP contribution in [0.1, 0.15) is 21.5 Å². The number of hydrogen-bond acceptors (Lipinski definition) is 3. The lowest BCUT2D eigenvalue weighted by Gasteiger charge is -2.12. The zero-order chi connectivity index (χ0) is 16.8. The van der Waals surface area contributed by atoms with Crippen LogP contribution in [0.4, 0.5) is 5.69 Å². The van der Waals surface area contributed by atoms with E-state index in [0.29, 0.717) is 17.0 Å². The van der Waals surface area contributed by atoms with Gasteiger partial charge in [0.15, 0.2) is 6.61 Å². The summed E-state index contributed by atoms with van der Waals surface area (Å²) in [5.74, 6) is 0.110. The van der Waals surface area contributed by atoms with Gasteiger partial charge in [-0.3, -0.25) is 9.59 Å². The number of carbonyl (C=O) groups excluding carboxylic acids is 2. The van der Waals surface area contributed by atoms with Gasteiger partial charge in [-0.15, -0.1) is 0 Å². The van der Waals surface area contributed by atoms with Crippen LogP contribution in [0.2, 0.25) is 0 Å². The third-order valence-corrected chi connectivity index (χ3v) is 3.38. The average molecular weight is 312 g/mol. The van der Waals surface area contributed by atoms with Gasteiger partial charge in [0.2, 0.25) is 0 Å². The van der Waals surface area contributed by atoms with E-state index < -0.39 is 0 Å². The third-order valence-electron chi connectivity index (χ3n) is 3.38. The molecule has 2 aromatic rings. The molecule has 5 heteroatoms. The summed E-state index contributed by atoms with van der Waals surface area (Å²) in [6.07, 6.45) is 0. The van der Waals surface area contributed by atoms with Crippen molar-refractivity contribution in [1.82, 2.24) is 5.32 Å². The van der Waals surface area contributed by atoms with Crippen molar-refractivity contribution < 1.29 is 14.3 Å². The van der Waals surface area contributed by atoms with Crippen molar-refractivity contribution in [3.05, 3.63) is 59.2 Å². The maximum Gasteiger partial charge on any atom is 0.262 e. The Hall–Kier alpha value is -2.82. The summed E-state index contributed by atoms with van der Waals surface area (Å²) < 4.78 is 5.57. The van der Waals surface area contributed by atoms with Gasteiger partial charge in [0.05, 0.1) is 11.3 Å². The first-order valence-electron chi connectivity index (χ1n) is 7.32. The van der Waals surface area contributed by atoms with Crippen molar-refractivity contribution in [1.29, 1.82) is 0 Å². The fourth-order valence-corrected chi connectivity index (χ4v) is 2.12. The van der Waals surface area contributed by atoms with Crippen LogP contribution >= 0.6 is 0 Å². The van der Waals surface area contributed by atoms with E-state index in [-0.39, 0.29) is 18.4 Å². The molecule has 0 atom stereocenters. The highest BCUT2D eigenvalue weighted by Gasteiger charge is 2.12. The van der Waals surface area contributed by atoms with Crippen LogP contribution in [-0.2, 0) is 4.79 Å². The van der Waals surface area contributed by atoms with Crippen LogP contribution in [0.5, 0.6) is 5.75 Å². The van der Waals surface area contributed by atoms with Crippen molar-refractivity contribution >= 4 is 17.5 Å². The smallest absolute Gasteiger partial charge is 0.262 e. The van der Waals surface area contributed by atoms with Gasteiger partial charge in [-0.05, 0) is 43.2 Å². The predicted octanol–water partition coefficient (Wildman–Crippen LogP) is 2.68. The standard InChI is InChI=1S/C18H20N2O3/c1-12-8-9-13(2)16(10-12)23-11-17(21)20-15-7-5-4-6-14(15)18(22)19-3/h4-10H,11H2,1-3H3,(H,19,22)(H,20,21). The van der Waals surface area contributed by atoms with Crippen LogP contribution in [0, 0.1) is 13.8 Å². The highest BCUT2D eigenvalue weighted by Crippen LogP contribution is 2.19. The molecule has 2 amide bonds. The number of nitrogens with one attached hydrogen (secondary N) is 2. The van der Waals surface area contributed by atoms with Crippen molar-refractivity contribution in [3.63, 3.8) is 0 Å². The van der Waals surface area contributed by atoms with E-state index in [9.17, 15) is 9.59 Å². The normalized spacial score (nSPS) is 10.0. The molecule has 0 aliphatic heterocycles. The second-order valence-electron chi connectivity index (χ2n) is 5.23. The Morgan fingerprint density at radius 2 is 1.83 bits per heavy atom. The number of para-hydroxylation sites is 1. The lowest BCUT2D eigenvalue weighted by molar-refractivity contribution is -0.118. The minimum Gasteiger partial charge on any atom is -0.483 e. The van der Waals surface area contributed by atoms with Gasteiger partial charge in [-0.25, -0.2) is 0 Å². The first-order valence-corrected chi connectivity index (χ1v) is 7.32. The van der Waals surface area contributed by atoms with Gasteiger partial charge >= 0.3 is 0 Å². The van der Waals surface area contributed by atoms with Crippen LogP contribution in [-0.4, -0.2) is 25.5 Å². The Kier molecular flexibility index (Phi) is 5.36. The van der Waals surface area contributed by atoms with E-state index in [4.69, 9.17) is 4.74 Å². The Morgan fingerprint density at radius 1 is 1.09 bits per heavy atom. The Balaban J connectivity index is 2.03. The van der Waals surface area contributed by atoms with Gasteiger partial charge < -0.3 is 15.4 Å². The second kappa shape index (κ2) is 7.45. The van der Waals surface area contributed by atoms with Gasteiger partial charge in [0, 0.05) is 7.05 Å². The van der Waals surface area contributed by atoms with Gasteiger partial charge in [-0.2, -0.15) is 0 Å². The molecule has 0 saturated carbocycles. The number of anilines is 1. The van der Waals surface area contributed by atoms with Gasteiger partial charge in [0.1, 0.15) is 5.75 Å². The van der Waals surface area contributed by atoms with Crippen molar-refractivity contribution in [2.24, 2.45) is 0 Å². The largest absolute Gasteiger partial charge is 0.483 e. The highest BCUT2D eigenvalue weighted by molar-refractivity contribution is 6.03. The van der Waals surface area contributed by atoms with Crippen molar-refractivity contribution in [2.45, 2.75) is 13.8 Å². The monoisotopic (exact) mass is 312 g/mol. The molecule has 0 unspecified atom stereocenters. The predicted molar refractivity (Wildman–Crippen MR) is 89.9 cm³/mol. The molecule has 0 bridgehead atoms. The SMILES string of the molecule is CNC(=O)c1ccccc1NC(=O)COc1cc(C)ccc1C. The molecule has 120 valence electrons. The number of rotatable bonds is 5. The lowest BCUT2D eigenvalue weighted by atomic mass is 10.1. The summed E-state index contributed by atoms with van der Waals surface area (Å²) in [5.41, 5.74) is 2.90. The molecular formula is C18H20N2O3. The highest BCUT2D eigenvalue weighted by atomic mass is 16.5. The van der Waals surface area contributed by atoms with Gasteiger partial charge in [0.25, 0.3) is 11.8 Å². The van der Waals surface area contributed by atoms with E-state index >= 15 is 0 Å². The average Bonchev–Trinajstić information content (AvgIpc) is 2.55. The van der Waals surface area contributed by atoms with E-state index in [1.807, 2.05) is 32.0 Å². The Labute approximate surface area is 135 Å². The first kappa shape index (κ1) is 16.5. The van der Waals surface area contributed by atoms with E-state index in [0.717, 1.165) is 11.1 Å². The third kappa shape index (κ3) is 4.32. The number of benzene rings is 2. The van der Waals surface area contributed by atoms with Crippen molar-refractivity contribution in [3.8, 4) is 5.75 Å². The van der Waals surface area contributed by atoms with Crippen LogP contribution in [0.25, 0.3) is 0 Å². The summed E-state index contributed by atoms with van der Waals surface area (Å²) in [5, 5.41) is 5.25. The molecule has 2 rings (SSSR count). The topological polar surface area (TPSA) is 67.4 Å². The molecule has 0 aliphatic rings. The van der Waals surface area contributed by atoms with Gasteiger partial charge in [-0.1, -0.05) is 24.3 Å². The van der Waals surface area contributed by atoms with E-state index in [2.05, 4.69) is 10.6 Å². The molecule has 0 spiro atoms. The zero-order valence-corrected chi connectivity index (χ0v) is 13.5. The first-order chi connectivity index (χ1) is 11.0. The summed E-state index contributed by atoms with van der Waals surface area (Å²) in [6, 6.07) is 12.7. The molecule has 2 N–H and O–H groups in total. The molecule has 23 heavy (non-hydrogen) atoms. The Bertz CT molecular complexity index is 726. The number of hydrogen-bond donors (Lipinski definition) is 2. The number of ether oxygens (including phenoxy) is 1. The maximum absolute atomic E-state index is 12.1. The summed E-state index contributed by atoms with van der Waals surface area (Å²) in [6.45, 7) is 3.77. The number of aryl methyl sites for hydroxylation is 2. The van der Waals surface area contributed by atoms with Crippen LogP contribution in [0.15, 0.2) is 42.5 Å². The molecule has 2 aromatic carbocycles. The molecule has 5 nitrogen and oxygen atoms in total. The molecule has 0 radical (unpaired) electrons. The molecular weight excluding hydrogens is 292 g/mol. The summed E-state index contributed by atoms with van der Waals surface area (Å²) in [7, 11) is 1.55. The maximum atomic E-state index is 12.1. The summed E-state index contributed by atoms with van der Waals surface area (Å²) in [4.78, 5) is 23.9. The molecule has 0 aromatic heterocycles.